The Bertz CT molecular complexity index is 675. The topological polar surface area (TPSA) is 44.9 Å². The molecular formula is C17H21ClN2O. The fourth-order valence-electron chi connectivity index (χ4n) is 3.22. The van der Waals surface area contributed by atoms with Crippen molar-refractivity contribution in [1.29, 1.82) is 0 Å². The highest BCUT2D eigenvalue weighted by Gasteiger charge is 2.26. The van der Waals surface area contributed by atoms with Gasteiger partial charge in [-0.1, -0.05) is 37.6 Å². The Balaban J connectivity index is 1.93. The number of nitrogens with one attached hydrogen (secondary N) is 2. The number of aryl methyl sites for hydroxylation is 1. The van der Waals surface area contributed by atoms with Crippen molar-refractivity contribution >= 4 is 28.4 Å². The van der Waals surface area contributed by atoms with Gasteiger partial charge in [0.15, 0.2) is 0 Å². The van der Waals surface area contributed by atoms with Crippen LogP contribution in [-0.2, 0) is 11.2 Å². The van der Waals surface area contributed by atoms with Gasteiger partial charge >= 0.3 is 0 Å². The molecule has 0 saturated carbocycles. The maximum atomic E-state index is 12.1. The van der Waals surface area contributed by atoms with Crippen LogP contribution in [0.4, 0.5) is 0 Å². The summed E-state index contributed by atoms with van der Waals surface area (Å²) in [6.45, 7) is 4.13. The second kappa shape index (κ2) is 5.72. The molecule has 0 spiro atoms. The summed E-state index contributed by atoms with van der Waals surface area (Å²) in [5.41, 5.74) is 3.45. The zero-order chi connectivity index (χ0) is 15.0. The number of aromatic nitrogens is 1. The summed E-state index contributed by atoms with van der Waals surface area (Å²) in [5, 5.41) is 5.11. The molecule has 1 heterocycles. The Morgan fingerprint density at radius 3 is 3.05 bits per heavy atom. The summed E-state index contributed by atoms with van der Waals surface area (Å²) in [6, 6.07) is 6.08. The van der Waals surface area contributed by atoms with Crippen LogP contribution in [-0.4, -0.2) is 10.9 Å². The van der Waals surface area contributed by atoms with E-state index >= 15 is 0 Å². The molecule has 0 unspecified atom stereocenters. The summed E-state index contributed by atoms with van der Waals surface area (Å²) in [7, 11) is 0. The lowest BCUT2D eigenvalue weighted by Crippen LogP contribution is -2.31. The van der Waals surface area contributed by atoms with Crippen LogP contribution in [0.15, 0.2) is 18.2 Å². The lowest BCUT2D eigenvalue weighted by molar-refractivity contribution is -0.122. The monoisotopic (exact) mass is 304 g/mol. The quantitative estimate of drug-likeness (QED) is 0.869. The molecule has 0 radical (unpaired) electrons. The molecular weight excluding hydrogens is 284 g/mol. The molecule has 3 nitrogen and oxygen atoms in total. The summed E-state index contributed by atoms with van der Waals surface area (Å²) in [4.78, 5) is 15.5. The van der Waals surface area contributed by atoms with Crippen LogP contribution in [0.1, 0.15) is 50.4 Å². The fraction of sp³-hybridized carbons (Fsp3) is 0.471. The maximum absolute atomic E-state index is 12.1. The number of benzene rings is 1. The van der Waals surface area contributed by atoms with Crippen LogP contribution < -0.4 is 5.32 Å². The lowest BCUT2D eigenvalue weighted by Gasteiger charge is -2.24. The predicted molar refractivity (Wildman–Crippen MR) is 86.6 cm³/mol. The maximum Gasteiger partial charge on any atom is 0.220 e. The van der Waals surface area contributed by atoms with Crippen LogP contribution in [0.25, 0.3) is 10.9 Å². The van der Waals surface area contributed by atoms with E-state index in [9.17, 15) is 4.79 Å². The molecule has 4 heteroatoms. The molecule has 2 aromatic rings. The van der Waals surface area contributed by atoms with Crippen molar-refractivity contribution in [2.24, 2.45) is 5.92 Å². The second-order valence-corrected chi connectivity index (χ2v) is 6.70. The zero-order valence-electron chi connectivity index (χ0n) is 12.5. The first-order valence-corrected chi connectivity index (χ1v) is 8.02. The van der Waals surface area contributed by atoms with Crippen LogP contribution >= 0.6 is 11.6 Å². The number of halogens is 1. The Morgan fingerprint density at radius 2 is 2.29 bits per heavy atom. The van der Waals surface area contributed by atoms with E-state index in [4.69, 9.17) is 11.6 Å². The molecule has 1 aromatic heterocycles. The number of H-pyrrole nitrogens is 1. The molecule has 1 aliphatic rings. The van der Waals surface area contributed by atoms with Gasteiger partial charge in [0.05, 0.1) is 16.6 Å². The number of carbonyl (C=O) groups is 1. The van der Waals surface area contributed by atoms with Gasteiger partial charge in [-0.2, -0.15) is 0 Å². The Kier molecular flexibility index (Phi) is 3.94. The van der Waals surface area contributed by atoms with Gasteiger partial charge in [-0.15, -0.1) is 0 Å². The van der Waals surface area contributed by atoms with Gasteiger partial charge in [0.1, 0.15) is 0 Å². The number of para-hydroxylation sites is 1. The van der Waals surface area contributed by atoms with Crippen molar-refractivity contribution in [3.8, 4) is 0 Å². The van der Waals surface area contributed by atoms with Gasteiger partial charge in [-0.3, -0.25) is 4.79 Å². The summed E-state index contributed by atoms with van der Waals surface area (Å²) in [6.07, 6.45) is 3.71. The van der Waals surface area contributed by atoms with E-state index in [-0.39, 0.29) is 11.9 Å². The minimum absolute atomic E-state index is 0.0865. The highest BCUT2D eigenvalue weighted by Crippen LogP contribution is 2.36. The Hall–Kier alpha value is -1.48. The van der Waals surface area contributed by atoms with Crippen LogP contribution in [0.3, 0.4) is 0 Å². The van der Waals surface area contributed by atoms with Crippen molar-refractivity contribution in [1.82, 2.24) is 10.3 Å². The summed E-state index contributed by atoms with van der Waals surface area (Å²) in [5.74, 6) is 0.512. The Morgan fingerprint density at radius 1 is 1.48 bits per heavy atom. The normalized spacial score (nSPS) is 18.0. The zero-order valence-corrected chi connectivity index (χ0v) is 13.3. The first kappa shape index (κ1) is 14.5. The molecule has 0 fully saturated rings. The molecule has 1 atom stereocenters. The number of aromatic amines is 1. The number of hydrogen-bond acceptors (Lipinski definition) is 1. The standard InChI is InChI=1S/C17H21ClN2O/c1-10(2)9-15(21)19-14-8-4-6-12-11-5-3-7-13(18)16(11)20-17(12)14/h3,5,7,10,14,20H,4,6,8-9H2,1-2H3,(H,19,21)/t14-/m0/s1. The third kappa shape index (κ3) is 2.80. The predicted octanol–water partition coefficient (Wildman–Crippen LogP) is 4.36. The fourth-order valence-corrected chi connectivity index (χ4v) is 3.44. The molecule has 1 aromatic carbocycles. The van der Waals surface area contributed by atoms with Crippen molar-refractivity contribution < 1.29 is 4.79 Å². The number of rotatable bonds is 3. The van der Waals surface area contributed by atoms with Crippen molar-refractivity contribution in [3.05, 3.63) is 34.5 Å². The number of amides is 1. The van der Waals surface area contributed by atoms with Crippen molar-refractivity contribution in [2.45, 2.75) is 45.6 Å². The molecule has 0 saturated heterocycles. The molecule has 112 valence electrons. The van der Waals surface area contributed by atoms with Crippen LogP contribution in [0.5, 0.6) is 0 Å². The smallest absolute Gasteiger partial charge is 0.220 e. The second-order valence-electron chi connectivity index (χ2n) is 6.29. The van der Waals surface area contributed by atoms with Gasteiger partial charge in [-0.05, 0) is 36.8 Å². The van der Waals surface area contributed by atoms with Gasteiger partial charge in [0, 0.05) is 17.5 Å². The average molecular weight is 305 g/mol. The van der Waals surface area contributed by atoms with Crippen LogP contribution in [0.2, 0.25) is 5.02 Å². The van der Waals surface area contributed by atoms with E-state index in [1.165, 1.54) is 10.9 Å². The minimum atomic E-state index is 0.0865. The molecule has 3 rings (SSSR count). The third-order valence-corrected chi connectivity index (χ3v) is 4.44. The third-order valence-electron chi connectivity index (χ3n) is 4.12. The van der Waals surface area contributed by atoms with E-state index in [0.29, 0.717) is 12.3 Å². The van der Waals surface area contributed by atoms with Crippen LogP contribution in [0, 0.1) is 5.92 Å². The summed E-state index contributed by atoms with van der Waals surface area (Å²) >= 11 is 6.28. The van der Waals surface area contributed by atoms with Crippen molar-refractivity contribution in [2.75, 3.05) is 0 Å². The largest absolute Gasteiger partial charge is 0.355 e. The van der Waals surface area contributed by atoms with Gasteiger partial charge in [0.2, 0.25) is 5.91 Å². The first-order chi connectivity index (χ1) is 10.1. The molecule has 2 N–H and O–H groups in total. The average Bonchev–Trinajstić information content (AvgIpc) is 2.79. The molecule has 21 heavy (non-hydrogen) atoms. The molecule has 0 bridgehead atoms. The highest BCUT2D eigenvalue weighted by atomic mass is 35.5. The van der Waals surface area contributed by atoms with Crippen molar-refractivity contribution in [3.63, 3.8) is 0 Å². The lowest BCUT2D eigenvalue weighted by atomic mass is 9.91. The number of fused-ring (bicyclic) bond motifs is 3. The SMILES string of the molecule is CC(C)CC(=O)N[C@H]1CCCc2c1[nH]c1c(Cl)cccc21. The minimum Gasteiger partial charge on any atom is -0.355 e. The van der Waals surface area contributed by atoms with E-state index in [1.807, 2.05) is 12.1 Å². The first-order valence-electron chi connectivity index (χ1n) is 7.64. The van der Waals surface area contributed by atoms with E-state index in [1.54, 1.807) is 0 Å². The van der Waals surface area contributed by atoms with E-state index < -0.39 is 0 Å². The van der Waals surface area contributed by atoms with E-state index in [2.05, 4.69) is 30.2 Å². The summed E-state index contributed by atoms with van der Waals surface area (Å²) < 4.78 is 0. The number of carbonyl (C=O) groups excluding carboxylic acids is 1. The molecule has 1 aliphatic carbocycles. The van der Waals surface area contributed by atoms with Gasteiger partial charge in [0.25, 0.3) is 0 Å². The molecule has 0 aliphatic heterocycles. The van der Waals surface area contributed by atoms with Gasteiger partial charge < -0.3 is 10.3 Å². The molecule has 1 amide bonds. The Labute approximate surface area is 130 Å². The van der Waals surface area contributed by atoms with Gasteiger partial charge in [-0.25, -0.2) is 0 Å². The van der Waals surface area contributed by atoms with E-state index in [0.717, 1.165) is 35.5 Å². The number of hydrogen-bond donors (Lipinski definition) is 2. The highest BCUT2D eigenvalue weighted by molar-refractivity contribution is 6.35.